The molecule has 0 radical (unpaired) electrons. The summed E-state index contributed by atoms with van der Waals surface area (Å²) in [4.78, 5) is 6.92. The lowest BCUT2D eigenvalue weighted by Gasteiger charge is -2.18. The van der Waals surface area contributed by atoms with Crippen molar-refractivity contribution in [2.24, 2.45) is 0 Å². The highest BCUT2D eigenvalue weighted by atomic mass is 32.1. The number of imidazole rings is 1. The number of hydrogen-bond donors (Lipinski definition) is 2. The third-order valence-electron chi connectivity index (χ3n) is 4.43. The van der Waals surface area contributed by atoms with E-state index in [4.69, 9.17) is 0 Å². The van der Waals surface area contributed by atoms with E-state index in [1.807, 2.05) is 19.1 Å². The van der Waals surface area contributed by atoms with E-state index in [0.29, 0.717) is 6.54 Å². The van der Waals surface area contributed by atoms with Gasteiger partial charge < -0.3 is 10.4 Å². The van der Waals surface area contributed by atoms with Gasteiger partial charge in [0, 0.05) is 24.0 Å². The van der Waals surface area contributed by atoms with Crippen LogP contribution in [-0.2, 0) is 13.0 Å². The van der Waals surface area contributed by atoms with Gasteiger partial charge >= 0.3 is 0 Å². The van der Waals surface area contributed by atoms with Crippen LogP contribution >= 0.6 is 11.3 Å². The Morgan fingerprint density at radius 3 is 3.05 bits per heavy atom. The molecule has 2 atom stereocenters. The van der Waals surface area contributed by atoms with Gasteiger partial charge in [-0.25, -0.2) is 4.98 Å². The molecule has 2 N–H and O–H groups in total. The molecule has 1 aliphatic carbocycles. The Kier molecular flexibility index (Phi) is 3.29. The molecule has 0 aliphatic heterocycles. The van der Waals surface area contributed by atoms with E-state index in [9.17, 15) is 5.11 Å². The zero-order valence-corrected chi connectivity index (χ0v) is 13.5. The summed E-state index contributed by atoms with van der Waals surface area (Å²) < 4.78 is 2.16. The van der Waals surface area contributed by atoms with Crippen molar-refractivity contribution in [3.05, 3.63) is 57.9 Å². The first kappa shape index (κ1) is 13.9. The van der Waals surface area contributed by atoms with Gasteiger partial charge in [0.25, 0.3) is 0 Å². The van der Waals surface area contributed by atoms with Gasteiger partial charge in [-0.3, -0.25) is 4.40 Å². The zero-order valence-electron chi connectivity index (χ0n) is 12.7. The Morgan fingerprint density at radius 2 is 2.18 bits per heavy atom. The fraction of sp³-hybridized carbons (Fsp3) is 0.353. The second kappa shape index (κ2) is 5.19. The molecule has 2 aromatic heterocycles. The lowest BCUT2D eigenvalue weighted by atomic mass is 10.1. The molecule has 2 heterocycles. The van der Waals surface area contributed by atoms with E-state index >= 15 is 0 Å². The van der Waals surface area contributed by atoms with Crippen LogP contribution in [0.3, 0.4) is 0 Å². The molecule has 4 nitrogen and oxygen atoms in total. The molecule has 0 bridgehead atoms. The highest BCUT2D eigenvalue weighted by Crippen LogP contribution is 2.31. The average molecular weight is 313 g/mol. The summed E-state index contributed by atoms with van der Waals surface area (Å²) >= 11 is 1.71. The number of nitrogens with one attached hydrogen (secondary N) is 1. The molecule has 22 heavy (non-hydrogen) atoms. The van der Waals surface area contributed by atoms with Crippen molar-refractivity contribution in [2.45, 2.75) is 39.0 Å². The van der Waals surface area contributed by atoms with Gasteiger partial charge in [-0.05, 0) is 25.0 Å². The molecular weight excluding hydrogens is 294 g/mol. The summed E-state index contributed by atoms with van der Waals surface area (Å²) in [5.41, 5.74) is 4.69. The molecule has 0 fully saturated rings. The number of aliphatic hydroxyl groups excluding tert-OH is 1. The molecule has 3 aromatic rings. The first-order valence-electron chi connectivity index (χ1n) is 7.56. The van der Waals surface area contributed by atoms with Crippen LogP contribution < -0.4 is 5.32 Å². The summed E-state index contributed by atoms with van der Waals surface area (Å²) in [6.45, 7) is 4.85. The van der Waals surface area contributed by atoms with E-state index in [1.54, 1.807) is 11.3 Å². The van der Waals surface area contributed by atoms with Crippen LogP contribution in [0.15, 0.2) is 30.5 Å². The molecule has 5 heteroatoms. The molecule has 1 aliphatic rings. The minimum Gasteiger partial charge on any atom is -0.391 e. The molecule has 0 saturated carbocycles. The number of aliphatic hydroxyl groups is 1. The van der Waals surface area contributed by atoms with Crippen molar-refractivity contribution in [1.29, 1.82) is 0 Å². The number of rotatable bonds is 3. The van der Waals surface area contributed by atoms with Crippen molar-refractivity contribution in [3.8, 4) is 0 Å². The minimum atomic E-state index is -0.356. The molecule has 1 aromatic carbocycles. The normalized spacial score (nSPS) is 20.7. The monoisotopic (exact) mass is 313 g/mol. The first-order valence-corrected chi connectivity index (χ1v) is 8.38. The third kappa shape index (κ3) is 2.17. The SMILES string of the molecule is Cc1cn2c(CN[C@@H]3c4ccccc4C[C@@H]3O)c(C)nc2s1. The van der Waals surface area contributed by atoms with Gasteiger partial charge in [-0.2, -0.15) is 0 Å². The Bertz CT molecular complexity index is 836. The van der Waals surface area contributed by atoms with E-state index in [0.717, 1.165) is 17.1 Å². The van der Waals surface area contributed by atoms with Gasteiger partial charge in [0.1, 0.15) is 0 Å². The second-order valence-electron chi connectivity index (χ2n) is 5.97. The highest BCUT2D eigenvalue weighted by molar-refractivity contribution is 7.17. The van der Waals surface area contributed by atoms with Crippen LogP contribution in [0.2, 0.25) is 0 Å². The number of hydrogen-bond acceptors (Lipinski definition) is 4. The van der Waals surface area contributed by atoms with Gasteiger partial charge in [0.2, 0.25) is 0 Å². The lowest BCUT2D eigenvalue weighted by Crippen LogP contribution is -2.29. The quantitative estimate of drug-likeness (QED) is 0.782. The van der Waals surface area contributed by atoms with Gasteiger partial charge in [-0.1, -0.05) is 24.3 Å². The first-order chi connectivity index (χ1) is 10.6. The number of nitrogens with zero attached hydrogens (tertiary/aromatic N) is 2. The second-order valence-corrected chi connectivity index (χ2v) is 7.18. The molecule has 4 rings (SSSR count). The highest BCUT2D eigenvalue weighted by Gasteiger charge is 2.30. The fourth-order valence-corrected chi connectivity index (χ4v) is 4.24. The fourth-order valence-electron chi connectivity index (χ4n) is 3.35. The van der Waals surface area contributed by atoms with Gasteiger partial charge in [0.05, 0.1) is 23.5 Å². The largest absolute Gasteiger partial charge is 0.391 e. The molecular formula is C17H19N3OS. The van der Waals surface area contributed by atoms with Crippen LogP contribution in [0.4, 0.5) is 0 Å². The number of thiazole rings is 1. The van der Waals surface area contributed by atoms with Crippen molar-refractivity contribution in [1.82, 2.24) is 14.7 Å². The van der Waals surface area contributed by atoms with Crippen molar-refractivity contribution >= 4 is 16.3 Å². The summed E-state index contributed by atoms with van der Waals surface area (Å²) in [5, 5.41) is 13.9. The van der Waals surface area contributed by atoms with Crippen LogP contribution in [-0.4, -0.2) is 20.6 Å². The van der Waals surface area contributed by atoms with Crippen molar-refractivity contribution in [2.75, 3.05) is 0 Å². The number of fused-ring (bicyclic) bond motifs is 2. The summed E-state index contributed by atoms with van der Waals surface area (Å²) in [6, 6.07) is 8.28. The van der Waals surface area contributed by atoms with Crippen LogP contribution in [0.1, 0.15) is 33.4 Å². The van der Waals surface area contributed by atoms with E-state index in [-0.39, 0.29) is 12.1 Å². The maximum absolute atomic E-state index is 10.3. The number of aromatic nitrogens is 2. The summed E-state index contributed by atoms with van der Waals surface area (Å²) in [5.74, 6) is 0. The smallest absolute Gasteiger partial charge is 0.194 e. The van der Waals surface area contributed by atoms with E-state index in [1.165, 1.54) is 21.7 Å². The minimum absolute atomic E-state index is 0.000817. The molecule has 0 amide bonds. The zero-order chi connectivity index (χ0) is 15.3. The van der Waals surface area contributed by atoms with Crippen molar-refractivity contribution < 1.29 is 5.11 Å². The van der Waals surface area contributed by atoms with Crippen LogP contribution in [0.25, 0.3) is 4.96 Å². The summed E-state index contributed by atoms with van der Waals surface area (Å²) in [7, 11) is 0. The third-order valence-corrected chi connectivity index (χ3v) is 5.33. The van der Waals surface area contributed by atoms with Gasteiger partial charge in [-0.15, -0.1) is 11.3 Å². The van der Waals surface area contributed by atoms with Crippen LogP contribution in [0.5, 0.6) is 0 Å². The van der Waals surface area contributed by atoms with E-state index < -0.39 is 0 Å². The lowest BCUT2D eigenvalue weighted by molar-refractivity contribution is 0.140. The Morgan fingerprint density at radius 1 is 1.36 bits per heavy atom. The van der Waals surface area contributed by atoms with Crippen molar-refractivity contribution in [3.63, 3.8) is 0 Å². The van der Waals surface area contributed by atoms with E-state index in [2.05, 4.69) is 40.0 Å². The summed E-state index contributed by atoms with van der Waals surface area (Å²) in [6.07, 6.45) is 2.51. The number of benzene rings is 1. The Labute approximate surface area is 133 Å². The Balaban J connectivity index is 1.61. The van der Waals surface area contributed by atoms with Crippen LogP contribution in [0, 0.1) is 13.8 Å². The molecule has 0 saturated heterocycles. The standard InChI is InChI=1S/C17H19N3OS/c1-10-9-20-14(11(2)19-17(20)22-10)8-18-16-13-6-4-3-5-12(13)7-15(16)21/h3-6,9,15-16,18,21H,7-8H2,1-2H3/t15-,16+/m0/s1. The predicted molar refractivity (Wildman–Crippen MR) is 88.3 cm³/mol. The average Bonchev–Trinajstić information content (AvgIpc) is 3.07. The Hall–Kier alpha value is -1.69. The molecule has 0 spiro atoms. The topological polar surface area (TPSA) is 49.6 Å². The van der Waals surface area contributed by atoms with Gasteiger partial charge in [0.15, 0.2) is 4.96 Å². The molecule has 114 valence electrons. The maximum Gasteiger partial charge on any atom is 0.194 e. The predicted octanol–water partition coefficient (Wildman–Crippen LogP) is 2.76. The molecule has 0 unspecified atom stereocenters. The number of aryl methyl sites for hydroxylation is 2. The maximum atomic E-state index is 10.3.